The van der Waals surface area contributed by atoms with E-state index in [9.17, 15) is 14.4 Å². The zero-order valence-corrected chi connectivity index (χ0v) is 17.0. The number of carbonyl (C=O) groups excluding carboxylic acids is 3. The molecule has 2 aromatic rings. The fourth-order valence-electron chi connectivity index (χ4n) is 3.59. The molecule has 4 rings (SSSR count). The molecule has 0 unspecified atom stereocenters. The standard InChI is InChI=1S/C22H20ClN3O4/c1-2-13-7-9-14(10-8-13)24-18(27)11-26-17-12-30-21(28)19(17)20(25-22(26)29)15-5-3-4-6-16(15)23/h3-10,20H,2,11-12H2,1H3,(H,24,27)(H,25,29)/t20-/m0/s1. The Labute approximate surface area is 178 Å². The fourth-order valence-corrected chi connectivity index (χ4v) is 3.83. The summed E-state index contributed by atoms with van der Waals surface area (Å²) in [5.41, 5.74) is 3.06. The van der Waals surface area contributed by atoms with Crippen LogP contribution in [0.1, 0.15) is 24.1 Å². The normalized spacial score (nSPS) is 18.1. The van der Waals surface area contributed by atoms with Crippen LogP contribution in [0.15, 0.2) is 59.8 Å². The van der Waals surface area contributed by atoms with Crippen molar-refractivity contribution in [3.05, 3.63) is 76.0 Å². The van der Waals surface area contributed by atoms with E-state index >= 15 is 0 Å². The van der Waals surface area contributed by atoms with Gasteiger partial charge >= 0.3 is 12.0 Å². The van der Waals surface area contributed by atoms with Gasteiger partial charge in [-0.05, 0) is 35.7 Å². The molecule has 0 aromatic heterocycles. The number of ether oxygens (including phenoxy) is 1. The SMILES string of the molecule is CCc1ccc(NC(=O)CN2C(=O)N[C@@H](c3ccccc3Cl)C3=C2COC3=O)cc1. The van der Waals surface area contributed by atoms with Crippen molar-refractivity contribution in [1.82, 2.24) is 10.2 Å². The molecule has 1 atom stereocenters. The molecule has 3 amide bonds. The quantitative estimate of drug-likeness (QED) is 0.718. The third-order valence-corrected chi connectivity index (χ3v) is 5.51. The van der Waals surface area contributed by atoms with E-state index < -0.39 is 18.0 Å². The van der Waals surface area contributed by atoms with Crippen molar-refractivity contribution in [2.24, 2.45) is 0 Å². The lowest BCUT2D eigenvalue weighted by molar-refractivity contribution is -0.136. The summed E-state index contributed by atoms with van der Waals surface area (Å²) in [5, 5.41) is 5.97. The molecular formula is C22H20ClN3O4. The Morgan fingerprint density at radius 2 is 1.93 bits per heavy atom. The Morgan fingerprint density at radius 1 is 1.20 bits per heavy atom. The number of esters is 1. The third kappa shape index (κ3) is 3.76. The first kappa shape index (κ1) is 20.0. The van der Waals surface area contributed by atoms with Crippen molar-refractivity contribution in [1.29, 1.82) is 0 Å². The van der Waals surface area contributed by atoms with Gasteiger partial charge in [0.1, 0.15) is 13.2 Å². The predicted molar refractivity (Wildman–Crippen MR) is 112 cm³/mol. The molecule has 2 aliphatic rings. The first-order valence-corrected chi connectivity index (χ1v) is 9.97. The molecule has 2 heterocycles. The number of cyclic esters (lactones) is 1. The van der Waals surface area contributed by atoms with Crippen LogP contribution in [0.2, 0.25) is 5.02 Å². The molecule has 154 valence electrons. The predicted octanol–water partition coefficient (Wildman–Crippen LogP) is 3.42. The maximum atomic E-state index is 12.8. The van der Waals surface area contributed by atoms with Gasteiger partial charge in [-0.2, -0.15) is 0 Å². The Kier molecular flexibility index (Phi) is 5.46. The molecule has 0 radical (unpaired) electrons. The summed E-state index contributed by atoms with van der Waals surface area (Å²) in [4.78, 5) is 39.0. The van der Waals surface area contributed by atoms with E-state index in [4.69, 9.17) is 16.3 Å². The van der Waals surface area contributed by atoms with Crippen LogP contribution in [0, 0.1) is 0 Å². The maximum absolute atomic E-state index is 12.8. The van der Waals surface area contributed by atoms with Crippen LogP contribution < -0.4 is 10.6 Å². The molecule has 0 saturated heterocycles. The molecule has 2 aliphatic heterocycles. The van der Waals surface area contributed by atoms with E-state index in [2.05, 4.69) is 17.6 Å². The first-order chi connectivity index (χ1) is 14.5. The van der Waals surface area contributed by atoms with Crippen LogP contribution in [-0.2, 0) is 20.7 Å². The van der Waals surface area contributed by atoms with Crippen LogP contribution >= 0.6 is 11.6 Å². The van der Waals surface area contributed by atoms with Gasteiger partial charge in [0.25, 0.3) is 0 Å². The number of benzene rings is 2. The van der Waals surface area contributed by atoms with Gasteiger partial charge in [-0.15, -0.1) is 0 Å². The molecule has 0 bridgehead atoms. The monoisotopic (exact) mass is 425 g/mol. The summed E-state index contributed by atoms with van der Waals surface area (Å²) >= 11 is 6.27. The highest BCUT2D eigenvalue weighted by molar-refractivity contribution is 6.31. The lowest BCUT2D eigenvalue weighted by atomic mass is 9.95. The second-order valence-electron chi connectivity index (χ2n) is 7.03. The number of rotatable bonds is 5. The van der Waals surface area contributed by atoms with Crippen LogP contribution in [0.5, 0.6) is 0 Å². The fraction of sp³-hybridized carbons (Fsp3) is 0.227. The number of hydrogen-bond acceptors (Lipinski definition) is 4. The van der Waals surface area contributed by atoms with Crippen LogP contribution in [0.4, 0.5) is 10.5 Å². The van der Waals surface area contributed by atoms with E-state index in [-0.39, 0.29) is 19.1 Å². The first-order valence-electron chi connectivity index (χ1n) is 9.59. The number of aryl methyl sites for hydroxylation is 1. The van der Waals surface area contributed by atoms with Gasteiger partial charge in [-0.25, -0.2) is 9.59 Å². The zero-order valence-electron chi connectivity index (χ0n) is 16.3. The van der Waals surface area contributed by atoms with Gasteiger partial charge in [-0.3, -0.25) is 9.69 Å². The maximum Gasteiger partial charge on any atom is 0.338 e. The smallest absolute Gasteiger partial charge is 0.338 e. The Hall–Kier alpha value is -3.32. The van der Waals surface area contributed by atoms with Crippen molar-refractivity contribution in [3.8, 4) is 0 Å². The molecular weight excluding hydrogens is 406 g/mol. The average Bonchev–Trinajstić information content (AvgIpc) is 3.12. The molecule has 0 fully saturated rings. The number of carbonyl (C=O) groups is 3. The topological polar surface area (TPSA) is 87.7 Å². The molecule has 8 heteroatoms. The number of amides is 3. The van der Waals surface area contributed by atoms with Gasteiger partial charge in [0.15, 0.2) is 0 Å². The summed E-state index contributed by atoms with van der Waals surface area (Å²) in [7, 11) is 0. The van der Waals surface area contributed by atoms with Crippen molar-refractivity contribution in [2.45, 2.75) is 19.4 Å². The number of halogens is 1. The summed E-state index contributed by atoms with van der Waals surface area (Å²) in [6.45, 7) is 1.74. The molecule has 2 N–H and O–H groups in total. The Bertz CT molecular complexity index is 1050. The van der Waals surface area contributed by atoms with E-state index in [0.29, 0.717) is 27.5 Å². The Balaban J connectivity index is 1.57. The van der Waals surface area contributed by atoms with Crippen LogP contribution in [0.25, 0.3) is 0 Å². The molecule has 7 nitrogen and oxygen atoms in total. The second-order valence-corrected chi connectivity index (χ2v) is 7.43. The number of hydrogen-bond donors (Lipinski definition) is 2. The van der Waals surface area contributed by atoms with Gasteiger partial charge in [-0.1, -0.05) is 48.9 Å². The number of anilines is 1. The Morgan fingerprint density at radius 3 is 2.63 bits per heavy atom. The van der Waals surface area contributed by atoms with Gasteiger partial charge < -0.3 is 15.4 Å². The van der Waals surface area contributed by atoms with Crippen molar-refractivity contribution in [3.63, 3.8) is 0 Å². The highest BCUT2D eigenvalue weighted by atomic mass is 35.5. The lowest BCUT2D eigenvalue weighted by Crippen LogP contribution is -2.49. The lowest BCUT2D eigenvalue weighted by Gasteiger charge is -2.32. The number of urea groups is 1. The molecule has 2 aromatic carbocycles. The minimum absolute atomic E-state index is 0.0684. The van der Waals surface area contributed by atoms with E-state index in [1.54, 1.807) is 24.3 Å². The number of nitrogens with zero attached hydrogens (tertiary/aromatic N) is 1. The molecule has 30 heavy (non-hydrogen) atoms. The van der Waals surface area contributed by atoms with Crippen LogP contribution in [-0.4, -0.2) is 36.0 Å². The van der Waals surface area contributed by atoms with Gasteiger partial charge in [0.2, 0.25) is 5.91 Å². The van der Waals surface area contributed by atoms with Crippen molar-refractivity contribution < 1.29 is 19.1 Å². The van der Waals surface area contributed by atoms with Crippen molar-refractivity contribution in [2.75, 3.05) is 18.5 Å². The number of nitrogens with one attached hydrogen (secondary N) is 2. The van der Waals surface area contributed by atoms with Gasteiger partial charge in [0, 0.05) is 10.7 Å². The van der Waals surface area contributed by atoms with E-state index in [1.807, 2.05) is 24.3 Å². The van der Waals surface area contributed by atoms with E-state index in [0.717, 1.165) is 12.0 Å². The van der Waals surface area contributed by atoms with Crippen LogP contribution in [0.3, 0.4) is 0 Å². The summed E-state index contributed by atoms with van der Waals surface area (Å²) < 4.78 is 5.17. The third-order valence-electron chi connectivity index (χ3n) is 5.16. The van der Waals surface area contributed by atoms with E-state index in [1.165, 1.54) is 4.90 Å². The second kappa shape index (κ2) is 8.20. The minimum Gasteiger partial charge on any atom is -0.456 e. The minimum atomic E-state index is -0.725. The summed E-state index contributed by atoms with van der Waals surface area (Å²) in [6.07, 6.45) is 0.903. The molecule has 0 spiro atoms. The highest BCUT2D eigenvalue weighted by Gasteiger charge is 2.43. The summed E-state index contributed by atoms with van der Waals surface area (Å²) in [5.74, 6) is -0.910. The summed E-state index contributed by atoms with van der Waals surface area (Å²) in [6, 6.07) is 13.2. The zero-order chi connectivity index (χ0) is 21.3. The largest absolute Gasteiger partial charge is 0.456 e. The average molecular weight is 426 g/mol. The van der Waals surface area contributed by atoms with Crippen molar-refractivity contribution >= 4 is 35.2 Å². The highest BCUT2D eigenvalue weighted by Crippen LogP contribution is 2.37. The molecule has 0 aliphatic carbocycles. The van der Waals surface area contributed by atoms with Gasteiger partial charge in [0.05, 0.1) is 17.3 Å². The molecule has 0 saturated carbocycles.